The van der Waals surface area contributed by atoms with Crippen molar-refractivity contribution in [3.63, 3.8) is 0 Å². The van der Waals surface area contributed by atoms with Gasteiger partial charge >= 0.3 is 0 Å². The number of piperidine rings is 4. The lowest BCUT2D eigenvalue weighted by atomic mass is 9.96. The van der Waals surface area contributed by atoms with Crippen molar-refractivity contribution in [2.24, 2.45) is 11.8 Å². The van der Waals surface area contributed by atoms with Gasteiger partial charge in [-0.05, 0) is 145 Å². The number of fused-ring (bicyclic) bond motifs is 1. The highest BCUT2D eigenvalue weighted by Crippen LogP contribution is 2.31. The number of aldehydes is 1. The highest BCUT2D eigenvalue weighted by atomic mass is 16.5. The fraction of sp³-hybridized carbons (Fsp3) is 0.481. The molecule has 4 amide bonds. The molecule has 1 atom stereocenters. The van der Waals surface area contributed by atoms with Crippen LogP contribution >= 0.6 is 0 Å². The minimum atomic E-state index is -0.745. The quantitative estimate of drug-likeness (QED) is 0.103. The van der Waals surface area contributed by atoms with Gasteiger partial charge in [-0.3, -0.25) is 39.3 Å². The van der Waals surface area contributed by atoms with E-state index >= 15 is 0 Å². The van der Waals surface area contributed by atoms with Gasteiger partial charge in [-0.25, -0.2) is 9.97 Å². The number of ether oxygens (including phenoxy) is 1. The van der Waals surface area contributed by atoms with Crippen LogP contribution in [-0.2, 0) is 14.4 Å². The van der Waals surface area contributed by atoms with E-state index in [1.807, 2.05) is 65.6 Å². The number of para-hydroxylation sites is 1. The van der Waals surface area contributed by atoms with Crippen LogP contribution in [-0.4, -0.2) is 174 Å². The van der Waals surface area contributed by atoms with Crippen LogP contribution in [0.2, 0.25) is 0 Å². The molecule has 18 nitrogen and oxygen atoms in total. The summed E-state index contributed by atoms with van der Waals surface area (Å²) < 4.78 is 5.79. The number of hydrogen-bond acceptors (Lipinski definition) is 14. The van der Waals surface area contributed by atoms with Gasteiger partial charge in [0.25, 0.3) is 5.91 Å². The van der Waals surface area contributed by atoms with Crippen LogP contribution in [0.5, 0.6) is 11.5 Å². The largest absolute Gasteiger partial charge is 0.457 e. The second-order valence-corrected chi connectivity index (χ2v) is 19.7. The van der Waals surface area contributed by atoms with Crippen LogP contribution in [0, 0.1) is 11.8 Å². The number of rotatable bonds is 12. The lowest BCUT2D eigenvalue weighted by molar-refractivity contribution is -0.136. The molecule has 5 fully saturated rings. The summed E-state index contributed by atoms with van der Waals surface area (Å²) in [4.78, 5) is 80.6. The predicted molar refractivity (Wildman–Crippen MR) is 278 cm³/mol. The van der Waals surface area contributed by atoms with E-state index in [1.54, 1.807) is 12.1 Å². The zero-order valence-corrected chi connectivity index (χ0v) is 41.8. The van der Waals surface area contributed by atoms with Gasteiger partial charge < -0.3 is 35.0 Å². The number of nitrogens with one attached hydrogen (secondary N) is 2. The maximum Gasteiger partial charge on any atom is 0.255 e. The van der Waals surface area contributed by atoms with Gasteiger partial charge in [0.2, 0.25) is 18.2 Å². The molecule has 0 radical (unpaired) electrons. The Bertz CT molecular complexity index is 2580. The molecule has 5 aliphatic heterocycles. The Labute approximate surface area is 422 Å². The van der Waals surface area contributed by atoms with Crippen molar-refractivity contribution in [2.45, 2.75) is 63.8 Å². The van der Waals surface area contributed by atoms with Crippen molar-refractivity contribution in [3.8, 4) is 22.8 Å². The van der Waals surface area contributed by atoms with E-state index in [0.717, 1.165) is 105 Å². The van der Waals surface area contributed by atoms with Gasteiger partial charge in [0.05, 0.1) is 16.6 Å². The van der Waals surface area contributed by atoms with Crippen LogP contribution in [0.4, 0.5) is 11.5 Å². The molecule has 10 rings (SSSR count). The van der Waals surface area contributed by atoms with Gasteiger partial charge in [-0.1, -0.05) is 24.6 Å². The van der Waals surface area contributed by atoms with Crippen molar-refractivity contribution < 1.29 is 28.7 Å². The summed E-state index contributed by atoms with van der Waals surface area (Å²) in [6, 6.07) is 21.8. The van der Waals surface area contributed by atoms with Gasteiger partial charge in [0.1, 0.15) is 29.7 Å². The molecule has 1 unspecified atom stereocenters. The predicted octanol–water partition coefficient (Wildman–Crippen LogP) is 5.58. The fourth-order valence-corrected chi connectivity index (χ4v) is 10.4. The number of likely N-dealkylation sites (N-methyl/N-ethyl adjacent to an activating group) is 1. The van der Waals surface area contributed by atoms with Gasteiger partial charge in [0, 0.05) is 82.6 Å². The molecule has 0 saturated carbocycles. The van der Waals surface area contributed by atoms with E-state index in [2.05, 4.69) is 52.1 Å². The van der Waals surface area contributed by atoms with Gasteiger partial charge in [-0.2, -0.15) is 5.10 Å². The molecule has 2 aromatic heterocycles. The van der Waals surface area contributed by atoms with Crippen molar-refractivity contribution in [1.29, 1.82) is 0 Å². The Morgan fingerprint density at radius 3 is 2.08 bits per heavy atom. The standard InChI is InChI=1S/C25H33N5O5.C17H13N5O.C12H24N2/c1-27(22-4-5-23(33)26-24(22)34)25(35)21-14-20(3-2-19(21)16-31)30-12-10-28(11-13-30)15-18-6-8-29(17-32)9-7-18;18-16-14-15(21-22-17(14)20-10-19-16)11-6-8-13(9-7-11)23-12-4-2-1-3-5-12;1-13-9-5-12(6-10-13)11-14-7-3-2-4-8-14/h2-3,14,16-18,22H,4-13,15H2,1H3,(H,26,33,34);1-10H,(H3,18,19,20,21,22);12H,2-11H2,1H3. The lowest BCUT2D eigenvalue weighted by Crippen LogP contribution is -2.53. The number of amides is 4. The Morgan fingerprint density at radius 1 is 0.778 bits per heavy atom. The van der Waals surface area contributed by atoms with E-state index in [0.29, 0.717) is 23.7 Å². The Balaban J connectivity index is 0.000000159. The number of nitrogen functional groups attached to an aromatic ring is 1. The Morgan fingerprint density at radius 2 is 1.43 bits per heavy atom. The number of carbonyl (C=O) groups excluding carboxylic acids is 5. The molecule has 5 saturated heterocycles. The minimum Gasteiger partial charge on any atom is -0.457 e. The molecule has 0 bridgehead atoms. The van der Waals surface area contributed by atoms with Crippen LogP contribution < -0.4 is 20.7 Å². The minimum absolute atomic E-state index is 0.176. The van der Waals surface area contributed by atoms with Gasteiger partial charge in [0.15, 0.2) is 11.9 Å². The zero-order chi connectivity index (χ0) is 50.4. The summed E-state index contributed by atoms with van der Waals surface area (Å²) in [6.45, 7) is 12.9. The topological polar surface area (TPSA) is 207 Å². The van der Waals surface area contributed by atoms with Crippen molar-refractivity contribution >= 4 is 53.0 Å². The molecule has 3 aromatic carbocycles. The molecule has 7 heterocycles. The molecule has 0 aliphatic carbocycles. The molecule has 72 heavy (non-hydrogen) atoms. The second-order valence-electron chi connectivity index (χ2n) is 19.7. The Kier molecular flexibility index (Phi) is 18.0. The SMILES string of the molecule is CN(C(=O)c1cc(N2CCN(CC3CCN(C=O)CC3)CC2)ccc1C=O)C1CCC(=O)NC1=O.CN1CCC(CN2CCCCC2)CC1.Nc1ncnc2n[nH]c(-c3ccc(Oc4ccccc4)cc3)c12. The third-order valence-corrected chi connectivity index (χ3v) is 14.7. The summed E-state index contributed by atoms with van der Waals surface area (Å²) in [5.41, 5.74) is 9.63. The Hall–Kier alpha value is -6.76. The number of nitrogens with two attached hydrogens (primary N) is 1. The molecular weight excluding hydrogens is 913 g/mol. The number of hydrogen-bond donors (Lipinski definition) is 3. The highest BCUT2D eigenvalue weighted by molar-refractivity contribution is 6.06. The third-order valence-electron chi connectivity index (χ3n) is 14.7. The molecule has 5 aliphatic rings. The second kappa shape index (κ2) is 25.1. The number of aromatic nitrogens is 4. The first-order valence-corrected chi connectivity index (χ1v) is 25.6. The highest BCUT2D eigenvalue weighted by Gasteiger charge is 2.34. The summed E-state index contributed by atoms with van der Waals surface area (Å²) >= 11 is 0. The third kappa shape index (κ3) is 13.6. The average molecular weight is 983 g/mol. The maximum absolute atomic E-state index is 13.3. The van der Waals surface area contributed by atoms with Gasteiger partial charge in [-0.15, -0.1) is 0 Å². The van der Waals surface area contributed by atoms with E-state index in [4.69, 9.17) is 10.5 Å². The number of imide groups is 1. The molecule has 4 N–H and O–H groups in total. The molecule has 5 aromatic rings. The van der Waals surface area contributed by atoms with E-state index in [9.17, 15) is 24.0 Å². The summed E-state index contributed by atoms with van der Waals surface area (Å²) in [7, 11) is 3.78. The van der Waals surface area contributed by atoms with Crippen LogP contribution in [0.3, 0.4) is 0 Å². The number of anilines is 2. The summed E-state index contributed by atoms with van der Waals surface area (Å²) in [5, 5.41) is 10.1. The first kappa shape index (κ1) is 51.6. The van der Waals surface area contributed by atoms with Crippen LogP contribution in [0.1, 0.15) is 78.5 Å². The normalized spacial score (nSPS) is 19.6. The molecule has 382 valence electrons. The van der Waals surface area contributed by atoms with E-state index in [1.165, 1.54) is 83.1 Å². The van der Waals surface area contributed by atoms with E-state index < -0.39 is 17.9 Å². The fourth-order valence-electron chi connectivity index (χ4n) is 10.4. The van der Waals surface area contributed by atoms with Crippen LogP contribution in [0.25, 0.3) is 22.3 Å². The number of benzene rings is 3. The lowest BCUT2D eigenvalue weighted by Gasteiger charge is -2.39. The van der Waals surface area contributed by atoms with Crippen molar-refractivity contribution in [2.75, 3.05) is 103 Å². The maximum atomic E-state index is 13.3. The average Bonchev–Trinajstić information content (AvgIpc) is 3.86. The number of aromatic amines is 1. The number of carbonyl (C=O) groups is 5. The smallest absolute Gasteiger partial charge is 0.255 e. The number of H-pyrrole nitrogens is 1. The molecular formula is C54H70N12O6. The van der Waals surface area contributed by atoms with Crippen LogP contribution in [0.15, 0.2) is 79.1 Å². The number of piperazine rings is 1. The van der Waals surface area contributed by atoms with Crippen molar-refractivity contribution in [1.82, 2.24) is 50.0 Å². The zero-order valence-electron chi connectivity index (χ0n) is 41.8. The summed E-state index contributed by atoms with van der Waals surface area (Å²) in [6.07, 6.45) is 12.7. The summed E-state index contributed by atoms with van der Waals surface area (Å²) in [5.74, 6) is 2.31. The first-order chi connectivity index (χ1) is 35.0. The van der Waals surface area contributed by atoms with E-state index in [-0.39, 0.29) is 29.9 Å². The molecule has 0 spiro atoms. The number of likely N-dealkylation sites (tertiary alicyclic amines) is 3. The first-order valence-electron chi connectivity index (χ1n) is 25.6. The monoisotopic (exact) mass is 983 g/mol. The number of nitrogens with zero attached hydrogens (tertiary/aromatic N) is 9. The molecule has 18 heteroatoms. The van der Waals surface area contributed by atoms with Crippen molar-refractivity contribution in [3.05, 3.63) is 90.3 Å².